The van der Waals surface area contributed by atoms with Crippen molar-refractivity contribution in [3.63, 3.8) is 0 Å². The van der Waals surface area contributed by atoms with Crippen LogP contribution in [0.4, 0.5) is 0 Å². The second-order valence-corrected chi connectivity index (χ2v) is 6.48. The van der Waals surface area contributed by atoms with Crippen LogP contribution in [0.5, 0.6) is 11.5 Å². The summed E-state index contributed by atoms with van der Waals surface area (Å²) < 4.78 is 22.8. The highest BCUT2D eigenvalue weighted by atomic mass is 16.5. The van der Waals surface area contributed by atoms with Gasteiger partial charge in [0.2, 0.25) is 0 Å². The van der Waals surface area contributed by atoms with E-state index in [9.17, 15) is 0 Å². The van der Waals surface area contributed by atoms with Crippen molar-refractivity contribution in [2.45, 2.75) is 38.4 Å². The highest BCUT2D eigenvalue weighted by Gasteiger charge is 2.14. The van der Waals surface area contributed by atoms with E-state index in [1.165, 1.54) is 25.7 Å². The Hall–Kier alpha value is -2.04. The SMILES string of the molecule is c1ccc(COc2ccc(OCCOCCOC3CCCC3)cc2)cc1. The number of ether oxygens (including phenoxy) is 4. The van der Waals surface area contributed by atoms with Crippen LogP contribution >= 0.6 is 0 Å². The van der Waals surface area contributed by atoms with Crippen molar-refractivity contribution in [2.75, 3.05) is 26.4 Å². The Morgan fingerprint density at radius 2 is 1.35 bits per heavy atom. The van der Waals surface area contributed by atoms with E-state index in [0.717, 1.165) is 17.1 Å². The van der Waals surface area contributed by atoms with E-state index in [4.69, 9.17) is 18.9 Å². The summed E-state index contributed by atoms with van der Waals surface area (Å²) in [6.45, 7) is 2.98. The Bertz CT molecular complexity index is 606. The van der Waals surface area contributed by atoms with Gasteiger partial charge in [-0.15, -0.1) is 0 Å². The van der Waals surface area contributed by atoms with E-state index in [1.54, 1.807) is 0 Å². The third kappa shape index (κ3) is 6.70. The first-order valence-electron chi connectivity index (χ1n) is 9.49. The van der Waals surface area contributed by atoms with E-state index >= 15 is 0 Å². The van der Waals surface area contributed by atoms with Gasteiger partial charge in [-0.05, 0) is 42.7 Å². The quantitative estimate of drug-likeness (QED) is 0.551. The number of benzene rings is 2. The fourth-order valence-electron chi connectivity index (χ4n) is 3.02. The summed E-state index contributed by atoms with van der Waals surface area (Å²) in [4.78, 5) is 0. The molecule has 0 unspecified atom stereocenters. The van der Waals surface area contributed by atoms with E-state index in [0.29, 0.717) is 39.1 Å². The lowest BCUT2D eigenvalue weighted by Gasteiger charge is -2.11. The smallest absolute Gasteiger partial charge is 0.120 e. The Kier molecular flexibility index (Phi) is 7.81. The van der Waals surface area contributed by atoms with Crippen molar-refractivity contribution in [1.82, 2.24) is 0 Å². The van der Waals surface area contributed by atoms with E-state index in [1.807, 2.05) is 42.5 Å². The van der Waals surface area contributed by atoms with Crippen molar-refractivity contribution in [3.05, 3.63) is 60.2 Å². The first kappa shape index (κ1) is 18.7. The minimum atomic E-state index is 0.456. The van der Waals surface area contributed by atoms with Gasteiger partial charge in [0.1, 0.15) is 24.7 Å². The predicted molar refractivity (Wildman–Crippen MR) is 102 cm³/mol. The molecule has 3 rings (SSSR count). The van der Waals surface area contributed by atoms with Crippen molar-refractivity contribution < 1.29 is 18.9 Å². The first-order chi connectivity index (χ1) is 12.9. The van der Waals surface area contributed by atoms with Crippen molar-refractivity contribution in [2.24, 2.45) is 0 Å². The molecule has 0 bridgehead atoms. The average molecular weight is 356 g/mol. The lowest BCUT2D eigenvalue weighted by atomic mass is 10.2. The predicted octanol–water partition coefficient (Wildman–Crippen LogP) is 4.62. The molecule has 2 aromatic carbocycles. The second-order valence-electron chi connectivity index (χ2n) is 6.48. The summed E-state index contributed by atoms with van der Waals surface area (Å²) in [6, 6.07) is 17.8. The van der Waals surface area contributed by atoms with E-state index in [-0.39, 0.29) is 0 Å². The van der Waals surface area contributed by atoms with Gasteiger partial charge in [0.05, 0.1) is 25.9 Å². The third-order valence-electron chi connectivity index (χ3n) is 4.45. The normalized spacial score (nSPS) is 14.5. The molecule has 4 nitrogen and oxygen atoms in total. The fourth-order valence-corrected chi connectivity index (χ4v) is 3.02. The van der Waals surface area contributed by atoms with Gasteiger partial charge in [0.25, 0.3) is 0 Å². The molecule has 1 aliphatic carbocycles. The van der Waals surface area contributed by atoms with Gasteiger partial charge in [0, 0.05) is 0 Å². The van der Waals surface area contributed by atoms with Gasteiger partial charge in [-0.3, -0.25) is 0 Å². The summed E-state index contributed by atoms with van der Waals surface area (Å²) in [5, 5.41) is 0. The molecule has 0 spiro atoms. The summed E-state index contributed by atoms with van der Waals surface area (Å²) in [5.41, 5.74) is 1.15. The second kappa shape index (κ2) is 10.8. The summed E-state index contributed by atoms with van der Waals surface area (Å²) in [7, 11) is 0. The van der Waals surface area contributed by atoms with Crippen molar-refractivity contribution in [3.8, 4) is 11.5 Å². The maximum Gasteiger partial charge on any atom is 0.120 e. The number of rotatable bonds is 11. The molecule has 0 aliphatic heterocycles. The average Bonchev–Trinajstić information content (AvgIpc) is 3.21. The molecule has 0 aromatic heterocycles. The Balaban J connectivity index is 1.24. The molecule has 1 fully saturated rings. The van der Waals surface area contributed by atoms with Crippen LogP contribution in [0.3, 0.4) is 0 Å². The lowest BCUT2D eigenvalue weighted by molar-refractivity contribution is 0.00215. The Labute approximate surface area is 156 Å². The zero-order chi connectivity index (χ0) is 17.9. The molecule has 1 aliphatic rings. The minimum absolute atomic E-state index is 0.456. The van der Waals surface area contributed by atoms with Gasteiger partial charge in [-0.25, -0.2) is 0 Å². The third-order valence-corrected chi connectivity index (χ3v) is 4.45. The molecule has 0 N–H and O–H groups in total. The molecule has 140 valence electrons. The van der Waals surface area contributed by atoms with Gasteiger partial charge in [-0.2, -0.15) is 0 Å². The highest BCUT2D eigenvalue weighted by molar-refractivity contribution is 5.31. The fraction of sp³-hybridized carbons (Fsp3) is 0.455. The maximum absolute atomic E-state index is 5.76. The molecule has 0 atom stereocenters. The van der Waals surface area contributed by atoms with Gasteiger partial charge in [0.15, 0.2) is 0 Å². The van der Waals surface area contributed by atoms with Crippen LogP contribution in [0.1, 0.15) is 31.2 Å². The molecular formula is C22H28O4. The zero-order valence-electron chi connectivity index (χ0n) is 15.3. The number of hydrogen-bond acceptors (Lipinski definition) is 4. The van der Waals surface area contributed by atoms with E-state index in [2.05, 4.69) is 12.1 Å². The van der Waals surface area contributed by atoms with Crippen LogP contribution in [-0.4, -0.2) is 32.5 Å². The van der Waals surface area contributed by atoms with Crippen LogP contribution in [0.2, 0.25) is 0 Å². The van der Waals surface area contributed by atoms with Crippen LogP contribution in [-0.2, 0) is 16.1 Å². The topological polar surface area (TPSA) is 36.9 Å². The molecular weight excluding hydrogens is 328 g/mol. The summed E-state index contributed by atoms with van der Waals surface area (Å²) in [6.07, 6.45) is 5.46. The van der Waals surface area contributed by atoms with Gasteiger partial charge in [-0.1, -0.05) is 43.2 Å². The van der Waals surface area contributed by atoms with Crippen LogP contribution in [0.15, 0.2) is 54.6 Å². The summed E-state index contributed by atoms with van der Waals surface area (Å²) >= 11 is 0. The minimum Gasteiger partial charge on any atom is -0.491 e. The molecule has 0 saturated heterocycles. The zero-order valence-corrected chi connectivity index (χ0v) is 15.3. The molecule has 0 heterocycles. The molecule has 26 heavy (non-hydrogen) atoms. The monoisotopic (exact) mass is 356 g/mol. The highest BCUT2D eigenvalue weighted by Crippen LogP contribution is 2.20. The Morgan fingerprint density at radius 1 is 0.692 bits per heavy atom. The number of hydrogen-bond donors (Lipinski definition) is 0. The van der Waals surface area contributed by atoms with Crippen LogP contribution < -0.4 is 9.47 Å². The van der Waals surface area contributed by atoms with Gasteiger partial charge < -0.3 is 18.9 Å². The first-order valence-corrected chi connectivity index (χ1v) is 9.49. The van der Waals surface area contributed by atoms with Crippen LogP contribution in [0.25, 0.3) is 0 Å². The molecule has 0 amide bonds. The van der Waals surface area contributed by atoms with Crippen molar-refractivity contribution in [1.29, 1.82) is 0 Å². The van der Waals surface area contributed by atoms with Gasteiger partial charge >= 0.3 is 0 Å². The summed E-state index contributed by atoms with van der Waals surface area (Å²) in [5.74, 6) is 1.66. The molecule has 0 radical (unpaired) electrons. The maximum atomic E-state index is 5.76. The largest absolute Gasteiger partial charge is 0.491 e. The molecule has 1 saturated carbocycles. The van der Waals surface area contributed by atoms with Crippen LogP contribution in [0, 0.1) is 0 Å². The lowest BCUT2D eigenvalue weighted by Crippen LogP contribution is -2.14. The molecule has 4 heteroatoms. The van der Waals surface area contributed by atoms with Crippen molar-refractivity contribution >= 4 is 0 Å². The van der Waals surface area contributed by atoms with E-state index < -0.39 is 0 Å². The molecule has 2 aromatic rings. The Morgan fingerprint density at radius 3 is 2.08 bits per heavy atom. The standard InChI is InChI=1S/C22H28O4/c1-2-6-19(7-3-1)18-26-22-12-10-21(11-13-22)25-17-15-23-14-16-24-20-8-4-5-9-20/h1-3,6-7,10-13,20H,4-5,8-9,14-18H2.